The number of aliphatic imine (C=N–C) groups is 1. The van der Waals surface area contributed by atoms with E-state index in [9.17, 15) is 8.42 Å². The molecule has 1 heterocycles. The van der Waals surface area contributed by atoms with E-state index in [0.29, 0.717) is 12.6 Å². The Hall–Kier alpha value is -0.860. The molecule has 7 nitrogen and oxygen atoms in total. The summed E-state index contributed by atoms with van der Waals surface area (Å²) >= 11 is 0. The maximum Gasteiger partial charge on any atom is 0.213 e. The summed E-state index contributed by atoms with van der Waals surface area (Å²) in [5.41, 5.74) is 0. The van der Waals surface area contributed by atoms with Gasteiger partial charge in [0.2, 0.25) is 10.0 Å². The number of ether oxygens (including phenoxy) is 1. The van der Waals surface area contributed by atoms with Crippen LogP contribution in [0.3, 0.4) is 0 Å². The zero-order chi connectivity index (χ0) is 19.5. The zero-order valence-corrected chi connectivity index (χ0v) is 17.8. The number of rotatable bonds is 9. The third kappa shape index (κ3) is 8.79. The standard InChI is InChI=1S/C19H38N4O3S/c1-3-16-8-7-9-17(14-16)23-19(20-4-2)21-11-13-27(24,25)22-15-18-10-5-6-12-26-18/h16-18,22H,3-15H2,1-2H3,(H2,20,21,23). The van der Waals surface area contributed by atoms with Crippen molar-refractivity contribution in [2.75, 3.05) is 32.0 Å². The molecule has 2 fully saturated rings. The van der Waals surface area contributed by atoms with Crippen LogP contribution in [0.5, 0.6) is 0 Å². The molecular weight excluding hydrogens is 364 g/mol. The van der Waals surface area contributed by atoms with Crippen molar-refractivity contribution in [3.05, 3.63) is 0 Å². The fourth-order valence-electron chi connectivity index (χ4n) is 3.84. The van der Waals surface area contributed by atoms with Crippen molar-refractivity contribution < 1.29 is 13.2 Å². The fourth-order valence-corrected chi connectivity index (χ4v) is 4.76. The molecule has 1 saturated heterocycles. The zero-order valence-electron chi connectivity index (χ0n) is 17.0. The van der Waals surface area contributed by atoms with Crippen molar-refractivity contribution in [1.29, 1.82) is 0 Å². The number of guanidine groups is 1. The van der Waals surface area contributed by atoms with Crippen molar-refractivity contribution in [2.24, 2.45) is 10.9 Å². The first-order valence-electron chi connectivity index (χ1n) is 10.7. The molecule has 27 heavy (non-hydrogen) atoms. The average molecular weight is 403 g/mol. The molecule has 0 aromatic heterocycles. The molecule has 2 rings (SSSR count). The van der Waals surface area contributed by atoms with Gasteiger partial charge in [-0.05, 0) is 44.9 Å². The average Bonchev–Trinajstić information content (AvgIpc) is 2.67. The van der Waals surface area contributed by atoms with Crippen LogP contribution in [0.15, 0.2) is 4.99 Å². The highest BCUT2D eigenvalue weighted by molar-refractivity contribution is 7.89. The smallest absolute Gasteiger partial charge is 0.213 e. The van der Waals surface area contributed by atoms with E-state index >= 15 is 0 Å². The normalized spacial score (nSPS) is 27.3. The highest BCUT2D eigenvalue weighted by Gasteiger charge is 2.21. The van der Waals surface area contributed by atoms with Crippen molar-refractivity contribution in [3.8, 4) is 0 Å². The van der Waals surface area contributed by atoms with Gasteiger partial charge >= 0.3 is 0 Å². The Balaban J connectivity index is 1.77. The van der Waals surface area contributed by atoms with Gasteiger partial charge in [0.05, 0.1) is 18.4 Å². The van der Waals surface area contributed by atoms with Crippen molar-refractivity contribution in [2.45, 2.75) is 77.4 Å². The van der Waals surface area contributed by atoms with Crippen LogP contribution in [0.1, 0.15) is 65.2 Å². The summed E-state index contributed by atoms with van der Waals surface area (Å²) in [4.78, 5) is 4.48. The number of nitrogens with zero attached hydrogens (tertiary/aromatic N) is 1. The van der Waals surface area contributed by atoms with E-state index in [-0.39, 0.29) is 18.4 Å². The molecule has 0 aromatic carbocycles. The molecular formula is C19H38N4O3S. The van der Waals surface area contributed by atoms with Gasteiger partial charge in [0.1, 0.15) is 0 Å². The molecule has 2 aliphatic rings. The Morgan fingerprint density at radius 1 is 1.15 bits per heavy atom. The third-order valence-electron chi connectivity index (χ3n) is 5.48. The summed E-state index contributed by atoms with van der Waals surface area (Å²) in [6.45, 7) is 6.39. The maximum absolute atomic E-state index is 12.2. The highest BCUT2D eigenvalue weighted by Crippen LogP contribution is 2.26. The Bertz CT molecular complexity index is 547. The van der Waals surface area contributed by atoms with Crippen LogP contribution in [-0.2, 0) is 14.8 Å². The molecule has 0 bridgehead atoms. The predicted octanol–water partition coefficient (Wildman–Crippen LogP) is 2.00. The fraction of sp³-hybridized carbons (Fsp3) is 0.947. The van der Waals surface area contributed by atoms with Gasteiger partial charge in [-0.2, -0.15) is 0 Å². The maximum atomic E-state index is 12.2. The van der Waals surface area contributed by atoms with Gasteiger partial charge in [-0.25, -0.2) is 13.1 Å². The first kappa shape index (κ1) is 22.4. The Morgan fingerprint density at radius 3 is 2.70 bits per heavy atom. The first-order chi connectivity index (χ1) is 13.0. The minimum atomic E-state index is -3.33. The van der Waals surface area contributed by atoms with Gasteiger partial charge in [-0.1, -0.05) is 26.2 Å². The van der Waals surface area contributed by atoms with E-state index in [4.69, 9.17) is 4.74 Å². The van der Waals surface area contributed by atoms with E-state index in [2.05, 4.69) is 27.3 Å². The Kier molecular flexibility index (Phi) is 9.86. The molecule has 3 unspecified atom stereocenters. The summed E-state index contributed by atoms with van der Waals surface area (Å²) in [6, 6.07) is 0.430. The number of hydrogen-bond donors (Lipinski definition) is 3. The van der Waals surface area contributed by atoms with Crippen LogP contribution in [0.2, 0.25) is 0 Å². The lowest BCUT2D eigenvalue weighted by Crippen LogP contribution is -2.45. The molecule has 3 atom stereocenters. The summed E-state index contributed by atoms with van der Waals surface area (Å²) in [6.07, 6.45) is 9.22. The topological polar surface area (TPSA) is 91.8 Å². The largest absolute Gasteiger partial charge is 0.377 e. The molecule has 0 aromatic rings. The van der Waals surface area contributed by atoms with Crippen LogP contribution >= 0.6 is 0 Å². The van der Waals surface area contributed by atoms with Crippen molar-refractivity contribution >= 4 is 16.0 Å². The predicted molar refractivity (Wildman–Crippen MR) is 111 cm³/mol. The Morgan fingerprint density at radius 2 is 2.00 bits per heavy atom. The molecule has 1 saturated carbocycles. The van der Waals surface area contributed by atoms with Crippen molar-refractivity contribution in [1.82, 2.24) is 15.4 Å². The number of sulfonamides is 1. The lowest BCUT2D eigenvalue weighted by molar-refractivity contribution is 0.0200. The van der Waals surface area contributed by atoms with Crippen LogP contribution in [0.25, 0.3) is 0 Å². The highest BCUT2D eigenvalue weighted by atomic mass is 32.2. The van der Waals surface area contributed by atoms with Gasteiger partial charge in [0.25, 0.3) is 0 Å². The third-order valence-corrected chi connectivity index (χ3v) is 6.81. The molecule has 1 aliphatic heterocycles. The van der Waals surface area contributed by atoms with Crippen LogP contribution in [0, 0.1) is 5.92 Å². The molecule has 158 valence electrons. The van der Waals surface area contributed by atoms with E-state index in [1.165, 1.54) is 25.7 Å². The van der Waals surface area contributed by atoms with Crippen molar-refractivity contribution in [3.63, 3.8) is 0 Å². The van der Waals surface area contributed by atoms with Crippen LogP contribution in [0.4, 0.5) is 0 Å². The summed E-state index contributed by atoms with van der Waals surface area (Å²) < 4.78 is 32.7. The summed E-state index contributed by atoms with van der Waals surface area (Å²) in [5, 5.41) is 6.73. The molecule has 0 spiro atoms. The number of nitrogens with one attached hydrogen (secondary N) is 3. The van der Waals surface area contributed by atoms with Gasteiger partial charge in [-0.3, -0.25) is 4.99 Å². The van der Waals surface area contributed by atoms with E-state index in [1.54, 1.807) is 0 Å². The number of hydrogen-bond acceptors (Lipinski definition) is 4. The van der Waals surface area contributed by atoms with E-state index < -0.39 is 10.0 Å². The van der Waals surface area contributed by atoms with Crippen LogP contribution < -0.4 is 15.4 Å². The lowest BCUT2D eigenvalue weighted by atomic mass is 9.84. The van der Waals surface area contributed by atoms with Gasteiger partial charge in [0.15, 0.2) is 5.96 Å². The second-order valence-electron chi connectivity index (χ2n) is 7.70. The Labute approximate surface area is 165 Å². The van der Waals surface area contributed by atoms with Gasteiger partial charge in [0, 0.05) is 25.7 Å². The lowest BCUT2D eigenvalue weighted by Gasteiger charge is -2.30. The summed E-state index contributed by atoms with van der Waals surface area (Å²) in [5.74, 6) is 1.51. The molecule has 1 aliphatic carbocycles. The van der Waals surface area contributed by atoms with E-state index in [0.717, 1.165) is 50.7 Å². The minimum Gasteiger partial charge on any atom is -0.377 e. The minimum absolute atomic E-state index is 0.00144. The van der Waals surface area contributed by atoms with E-state index in [1.807, 2.05) is 6.92 Å². The second kappa shape index (κ2) is 11.9. The summed E-state index contributed by atoms with van der Waals surface area (Å²) in [7, 11) is -3.33. The second-order valence-corrected chi connectivity index (χ2v) is 9.63. The molecule has 3 N–H and O–H groups in total. The van der Waals surface area contributed by atoms with Gasteiger partial charge < -0.3 is 15.4 Å². The SMILES string of the molecule is CCNC(=NCCS(=O)(=O)NCC1CCCCO1)NC1CCCC(CC)C1. The monoisotopic (exact) mass is 402 g/mol. The molecule has 0 amide bonds. The first-order valence-corrected chi connectivity index (χ1v) is 12.3. The molecule has 0 radical (unpaired) electrons. The quantitative estimate of drug-likeness (QED) is 0.405. The molecule has 8 heteroatoms. The van der Waals surface area contributed by atoms with Gasteiger partial charge in [-0.15, -0.1) is 0 Å². The van der Waals surface area contributed by atoms with Crippen LogP contribution in [-0.4, -0.2) is 58.5 Å².